The third kappa shape index (κ3) is 4.03. The molecular weight excluding hydrogens is 472 g/mol. The number of pyridine rings is 1. The van der Waals surface area contributed by atoms with E-state index in [0.29, 0.717) is 5.11 Å². The third-order valence-electron chi connectivity index (χ3n) is 7.24. The van der Waals surface area contributed by atoms with Crippen molar-refractivity contribution < 1.29 is 0 Å². The summed E-state index contributed by atoms with van der Waals surface area (Å²) >= 11 is 12.3. The largest absolute Gasteiger partial charge is 0.351 e. The highest BCUT2D eigenvalue weighted by molar-refractivity contribution is 7.80. The molecule has 1 N–H and O–H groups in total. The summed E-state index contributed by atoms with van der Waals surface area (Å²) < 4.78 is 2.30. The average Bonchev–Trinajstić information content (AvgIpc) is 3.28. The zero-order chi connectivity index (χ0) is 24.9. The fourth-order valence-electron chi connectivity index (χ4n) is 5.25. The van der Waals surface area contributed by atoms with Gasteiger partial charge < -0.3 is 14.8 Å². The summed E-state index contributed by atoms with van der Waals surface area (Å²) in [6, 6.07) is 20.5. The molecule has 2 aromatic carbocycles. The van der Waals surface area contributed by atoms with Crippen LogP contribution >= 0.6 is 23.8 Å². The molecule has 1 aliphatic heterocycles. The second kappa shape index (κ2) is 9.14. The second-order valence-electron chi connectivity index (χ2n) is 9.29. The Balaban J connectivity index is 1.74. The van der Waals surface area contributed by atoms with Crippen LogP contribution in [-0.4, -0.2) is 14.7 Å². The summed E-state index contributed by atoms with van der Waals surface area (Å²) in [5.74, 6) is 0. The van der Waals surface area contributed by atoms with Crippen LogP contribution in [0.2, 0.25) is 5.02 Å². The van der Waals surface area contributed by atoms with Crippen molar-refractivity contribution in [2.24, 2.45) is 0 Å². The predicted molar refractivity (Wildman–Crippen MR) is 149 cm³/mol. The van der Waals surface area contributed by atoms with Gasteiger partial charge in [-0.1, -0.05) is 29.8 Å². The van der Waals surface area contributed by atoms with Crippen LogP contribution in [0.15, 0.2) is 66.9 Å². The molecule has 35 heavy (non-hydrogen) atoms. The van der Waals surface area contributed by atoms with E-state index in [2.05, 4.69) is 79.7 Å². The summed E-state index contributed by atoms with van der Waals surface area (Å²) in [5.41, 5.74) is 10.5. The Bertz CT molecular complexity index is 1430. The fraction of sp³-hybridized carbons (Fsp3) is 0.241. The maximum atomic E-state index is 6.37. The SMILES string of the molecule is Cc1ccc(N2C(=S)NC(c3ccccn3)C2c2c(C)c(C)n(-c3cccc(Cl)c3)c2C)cc1C. The first kappa shape index (κ1) is 23.6. The molecule has 2 aromatic heterocycles. The van der Waals surface area contributed by atoms with Crippen LogP contribution in [0.25, 0.3) is 5.69 Å². The first-order valence-corrected chi connectivity index (χ1v) is 12.6. The van der Waals surface area contributed by atoms with E-state index < -0.39 is 0 Å². The molecule has 178 valence electrons. The Hall–Kier alpha value is -3.15. The summed E-state index contributed by atoms with van der Waals surface area (Å²) in [6.07, 6.45) is 1.85. The number of hydrogen-bond acceptors (Lipinski definition) is 2. The summed E-state index contributed by atoms with van der Waals surface area (Å²) in [7, 11) is 0. The number of nitrogens with one attached hydrogen (secondary N) is 1. The monoisotopic (exact) mass is 500 g/mol. The van der Waals surface area contributed by atoms with Crippen LogP contribution < -0.4 is 10.2 Å². The smallest absolute Gasteiger partial charge is 0.174 e. The molecule has 3 heterocycles. The molecule has 4 nitrogen and oxygen atoms in total. The number of thiocarbonyl (C=S) groups is 1. The van der Waals surface area contributed by atoms with Gasteiger partial charge in [-0.3, -0.25) is 4.98 Å². The number of nitrogens with zero attached hydrogens (tertiary/aromatic N) is 3. The Morgan fingerprint density at radius 3 is 2.34 bits per heavy atom. The van der Waals surface area contributed by atoms with E-state index in [9.17, 15) is 0 Å². The van der Waals surface area contributed by atoms with Crippen molar-refractivity contribution in [1.29, 1.82) is 0 Å². The van der Waals surface area contributed by atoms with Crippen LogP contribution in [0, 0.1) is 34.6 Å². The minimum absolute atomic E-state index is 0.0568. The molecule has 6 heteroatoms. The summed E-state index contributed by atoms with van der Waals surface area (Å²) in [5, 5.41) is 5.03. The van der Waals surface area contributed by atoms with Gasteiger partial charge in [0, 0.05) is 39.5 Å². The van der Waals surface area contributed by atoms with E-state index in [1.165, 1.54) is 33.6 Å². The van der Waals surface area contributed by atoms with Crippen molar-refractivity contribution in [3.63, 3.8) is 0 Å². The molecule has 0 spiro atoms. The Morgan fingerprint density at radius 2 is 1.66 bits per heavy atom. The third-order valence-corrected chi connectivity index (χ3v) is 7.79. The van der Waals surface area contributed by atoms with Crippen LogP contribution in [0.1, 0.15) is 51.4 Å². The highest BCUT2D eigenvalue weighted by Crippen LogP contribution is 2.45. The molecule has 2 atom stereocenters. The van der Waals surface area contributed by atoms with Gasteiger partial charge in [0.1, 0.15) is 0 Å². The molecular formula is C29H29ClN4S. The minimum atomic E-state index is -0.0858. The van der Waals surface area contributed by atoms with E-state index >= 15 is 0 Å². The molecule has 0 saturated carbocycles. The van der Waals surface area contributed by atoms with E-state index in [1.54, 1.807) is 0 Å². The lowest BCUT2D eigenvalue weighted by atomic mass is 9.93. The van der Waals surface area contributed by atoms with Gasteiger partial charge in [-0.05, 0) is 106 Å². The summed E-state index contributed by atoms with van der Waals surface area (Å²) in [4.78, 5) is 6.98. The molecule has 1 aliphatic rings. The van der Waals surface area contributed by atoms with E-state index in [1.807, 2.05) is 36.5 Å². The van der Waals surface area contributed by atoms with Crippen molar-refractivity contribution in [3.8, 4) is 5.69 Å². The zero-order valence-electron chi connectivity index (χ0n) is 20.6. The molecule has 0 radical (unpaired) electrons. The first-order chi connectivity index (χ1) is 16.8. The van der Waals surface area contributed by atoms with Crippen LogP contribution in [0.4, 0.5) is 5.69 Å². The van der Waals surface area contributed by atoms with Gasteiger partial charge in [0.15, 0.2) is 5.11 Å². The predicted octanol–water partition coefficient (Wildman–Crippen LogP) is 7.24. The molecule has 1 saturated heterocycles. The van der Waals surface area contributed by atoms with Crippen molar-refractivity contribution in [2.75, 3.05) is 4.90 Å². The van der Waals surface area contributed by atoms with Gasteiger partial charge in [0.2, 0.25) is 0 Å². The van der Waals surface area contributed by atoms with Crippen molar-refractivity contribution in [1.82, 2.24) is 14.9 Å². The molecule has 1 fully saturated rings. The Kier molecular flexibility index (Phi) is 6.16. The van der Waals surface area contributed by atoms with Gasteiger partial charge >= 0.3 is 0 Å². The maximum Gasteiger partial charge on any atom is 0.174 e. The number of rotatable bonds is 4. The number of halogens is 1. The Morgan fingerprint density at radius 1 is 0.857 bits per heavy atom. The molecule has 4 aromatic rings. The van der Waals surface area contributed by atoms with E-state index in [4.69, 9.17) is 28.8 Å². The molecule has 2 unspecified atom stereocenters. The van der Waals surface area contributed by atoms with Crippen molar-refractivity contribution in [2.45, 2.75) is 46.7 Å². The topological polar surface area (TPSA) is 33.1 Å². The maximum absolute atomic E-state index is 6.37. The fourth-order valence-corrected chi connectivity index (χ4v) is 5.78. The minimum Gasteiger partial charge on any atom is -0.351 e. The molecule has 0 amide bonds. The quantitative estimate of drug-likeness (QED) is 0.299. The number of hydrogen-bond donors (Lipinski definition) is 1. The standard InChI is InChI=1S/C29H29ClN4S/c1-17-12-13-24(15-18(17)2)34-28(27(32-29(34)35)25-11-6-7-14-31-25)26-19(3)20(4)33(21(26)5)23-10-8-9-22(30)16-23/h6-16,27-28H,1-5H3,(H,32,35). The second-order valence-corrected chi connectivity index (χ2v) is 10.1. The van der Waals surface area contributed by atoms with Crippen LogP contribution in [0.3, 0.4) is 0 Å². The number of aryl methyl sites for hydroxylation is 2. The summed E-state index contributed by atoms with van der Waals surface area (Å²) in [6.45, 7) is 10.8. The van der Waals surface area contributed by atoms with E-state index in [0.717, 1.165) is 22.1 Å². The van der Waals surface area contributed by atoms with Gasteiger partial charge in [0.25, 0.3) is 0 Å². The van der Waals surface area contributed by atoms with Crippen LogP contribution in [0.5, 0.6) is 0 Å². The van der Waals surface area contributed by atoms with Gasteiger partial charge in [0.05, 0.1) is 17.8 Å². The number of anilines is 1. The Labute approximate surface area is 217 Å². The number of benzene rings is 2. The highest BCUT2D eigenvalue weighted by atomic mass is 35.5. The van der Waals surface area contributed by atoms with Gasteiger partial charge in [-0.2, -0.15) is 0 Å². The average molecular weight is 501 g/mol. The first-order valence-electron chi connectivity index (χ1n) is 11.8. The van der Waals surface area contributed by atoms with Crippen molar-refractivity contribution >= 4 is 34.6 Å². The zero-order valence-corrected chi connectivity index (χ0v) is 22.2. The molecule has 0 bridgehead atoms. The normalized spacial score (nSPS) is 17.7. The number of aromatic nitrogens is 2. The van der Waals surface area contributed by atoms with Gasteiger partial charge in [-0.25, -0.2) is 0 Å². The molecule has 0 aliphatic carbocycles. The van der Waals surface area contributed by atoms with Crippen molar-refractivity contribution in [3.05, 3.63) is 111 Å². The lowest BCUT2D eigenvalue weighted by Gasteiger charge is -2.29. The molecule has 5 rings (SSSR count). The lowest BCUT2D eigenvalue weighted by molar-refractivity contribution is 0.563. The van der Waals surface area contributed by atoms with E-state index in [-0.39, 0.29) is 12.1 Å². The van der Waals surface area contributed by atoms with Crippen LogP contribution in [-0.2, 0) is 0 Å². The lowest BCUT2D eigenvalue weighted by Crippen LogP contribution is -2.30. The van der Waals surface area contributed by atoms with Gasteiger partial charge in [-0.15, -0.1) is 0 Å². The highest BCUT2D eigenvalue weighted by Gasteiger charge is 2.43.